The van der Waals surface area contributed by atoms with E-state index in [2.05, 4.69) is 18.8 Å². The van der Waals surface area contributed by atoms with E-state index in [4.69, 9.17) is 10.1 Å². The largest absolute Gasteiger partial charge is 0.396 e. The minimum atomic E-state index is -0.124. The number of amides is 1. The molecule has 1 amide bonds. The molecule has 1 heterocycles. The fraction of sp³-hybridized carbons (Fsp3) is 0.727. The summed E-state index contributed by atoms with van der Waals surface area (Å²) in [6, 6.07) is 0. The van der Waals surface area contributed by atoms with Gasteiger partial charge in [0.1, 0.15) is 0 Å². The lowest BCUT2D eigenvalue weighted by Gasteiger charge is -2.33. The van der Waals surface area contributed by atoms with Gasteiger partial charge < -0.3 is 20.6 Å². The number of allylic oxidation sites excluding steroid dienone is 1. The van der Waals surface area contributed by atoms with Crippen LogP contribution < -0.4 is 5.32 Å². The number of hydrogen-bond acceptors (Lipinski definition) is 4. The molecule has 0 fully saturated rings. The van der Waals surface area contributed by atoms with Crippen LogP contribution in [0.1, 0.15) is 72.1 Å². The molecule has 0 spiro atoms. The van der Waals surface area contributed by atoms with Crippen LogP contribution >= 0.6 is 0 Å². The average molecular weight is 379 g/mol. The van der Waals surface area contributed by atoms with E-state index in [1.54, 1.807) is 0 Å². The summed E-state index contributed by atoms with van der Waals surface area (Å²) in [7, 11) is 0. The number of nitrogens with one attached hydrogen (secondary N) is 2. The molecule has 0 aliphatic carbocycles. The van der Waals surface area contributed by atoms with Gasteiger partial charge in [-0.05, 0) is 57.3 Å². The highest BCUT2D eigenvalue weighted by Gasteiger charge is 2.35. The number of rotatable bonds is 13. The van der Waals surface area contributed by atoms with E-state index in [1.807, 2.05) is 13.8 Å². The molecule has 0 bridgehead atoms. The molecule has 1 unspecified atom stereocenters. The summed E-state index contributed by atoms with van der Waals surface area (Å²) in [5.74, 6) is -0.124. The Kier molecular flexibility index (Phi) is 10.6. The first-order valence-electron chi connectivity index (χ1n) is 10.4. The lowest BCUT2D eigenvalue weighted by atomic mass is 9.74. The molecule has 1 atom stereocenters. The molecule has 1 rings (SSSR count). The molecule has 0 aromatic heterocycles. The maximum atomic E-state index is 12.7. The second kappa shape index (κ2) is 12.1. The first-order chi connectivity index (χ1) is 12.9. The second-order valence-electron chi connectivity index (χ2n) is 7.63. The molecule has 0 aromatic carbocycles. The van der Waals surface area contributed by atoms with Gasteiger partial charge in [0.2, 0.25) is 0 Å². The van der Waals surface area contributed by atoms with Crippen molar-refractivity contribution in [2.24, 2.45) is 5.41 Å². The van der Waals surface area contributed by atoms with Gasteiger partial charge >= 0.3 is 0 Å². The van der Waals surface area contributed by atoms with E-state index in [1.165, 1.54) is 0 Å². The van der Waals surface area contributed by atoms with Crippen molar-refractivity contribution in [3.8, 4) is 0 Å². The summed E-state index contributed by atoms with van der Waals surface area (Å²) in [5.41, 5.74) is 3.00. The topological polar surface area (TPSA) is 82.4 Å². The highest BCUT2D eigenvalue weighted by atomic mass is 16.5. The third-order valence-electron chi connectivity index (χ3n) is 5.39. The zero-order chi connectivity index (χ0) is 20.3. The molecule has 0 saturated heterocycles. The van der Waals surface area contributed by atoms with Crippen molar-refractivity contribution >= 4 is 11.6 Å². The van der Waals surface area contributed by atoms with Crippen molar-refractivity contribution in [3.05, 3.63) is 23.3 Å². The van der Waals surface area contributed by atoms with Gasteiger partial charge in [-0.2, -0.15) is 0 Å². The smallest absolute Gasteiger partial charge is 0.253 e. The Morgan fingerprint density at radius 2 is 2.07 bits per heavy atom. The third kappa shape index (κ3) is 7.23. The fourth-order valence-electron chi connectivity index (χ4n) is 3.98. The minimum Gasteiger partial charge on any atom is -0.396 e. The molecule has 0 aromatic rings. The van der Waals surface area contributed by atoms with E-state index in [-0.39, 0.29) is 17.9 Å². The molecule has 5 heteroatoms. The maximum Gasteiger partial charge on any atom is 0.253 e. The van der Waals surface area contributed by atoms with E-state index < -0.39 is 0 Å². The Labute approximate surface area is 164 Å². The Balaban J connectivity index is 3.03. The molecular formula is C22H38N2O3. The lowest BCUT2D eigenvalue weighted by Crippen LogP contribution is -2.37. The van der Waals surface area contributed by atoms with E-state index in [0.717, 1.165) is 49.7 Å². The lowest BCUT2D eigenvalue weighted by molar-refractivity contribution is -0.117. The second-order valence-corrected chi connectivity index (χ2v) is 7.63. The predicted molar refractivity (Wildman–Crippen MR) is 111 cm³/mol. The van der Waals surface area contributed by atoms with Crippen LogP contribution in [-0.4, -0.2) is 43.1 Å². The van der Waals surface area contributed by atoms with Crippen molar-refractivity contribution in [3.63, 3.8) is 0 Å². The minimum absolute atomic E-state index is 0.118. The summed E-state index contributed by atoms with van der Waals surface area (Å²) in [4.78, 5) is 12.7. The van der Waals surface area contributed by atoms with E-state index in [0.29, 0.717) is 43.9 Å². The van der Waals surface area contributed by atoms with Crippen LogP contribution in [0.25, 0.3) is 0 Å². The van der Waals surface area contributed by atoms with Crippen LogP contribution in [0.2, 0.25) is 0 Å². The zero-order valence-electron chi connectivity index (χ0n) is 17.5. The zero-order valence-corrected chi connectivity index (χ0v) is 17.5. The van der Waals surface area contributed by atoms with Gasteiger partial charge in [0.05, 0.1) is 12.2 Å². The number of carbonyl (C=O) groups excluding carboxylic acids is 1. The SMILES string of the molecule is C=C(CCCC1=C(C(=N)CC)C(=O)NCC(CCC)(CCO)C1)COCC. The molecule has 1 aliphatic rings. The van der Waals surface area contributed by atoms with Crippen LogP contribution in [0.15, 0.2) is 23.3 Å². The van der Waals surface area contributed by atoms with E-state index in [9.17, 15) is 9.90 Å². The number of hydrogen-bond donors (Lipinski definition) is 3. The Bertz CT molecular complexity index is 546. The summed E-state index contributed by atoms with van der Waals surface area (Å²) in [6.45, 7) is 12.1. The van der Waals surface area contributed by atoms with Crippen LogP contribution in [0, 0.1) is 10.8 Å². The summed E-state index contributed by atoms with van der Waals surface area (Å²) < 4.78 is 5.41. The molecule has 3 N–H and O–H groups in total. The summed E-state index contributed by atoms with van der Waals surface area (Å²) >= 11 is 0. The Hall–Kier alpha value is -1.46. The Morgan fingerprint density at radius 1 is 1.33 bits per heavy atom. The average Bonchev–Trinajstić information content (AvgIpc) is 2.77. The molecule has 0 saturated carbocycles. The molecular weight excluding hydrogens is 340 g/mol. The number of ether oxygens (including phenoxy) is 1. The molecule has 5 nitrogen and oxygen atoms in total. The Morgan fingerprint density at radius 3 is 2.67 bits per heavy atom. The van der Waals surface area contributed by atoms with Crippen molar-refractivity contribution < 1.29 is 14.6 Å². The summed E-state index contributed by atoms with van der Waals surface area (Å²) in [6.07, 6.45) is 6.51. The van der Waals surface area contributed by atoms with Gasteiger partial charge in [-0.15, -0.1) is 0 Å². The van der Waals surface area contributed by atoms with Crippen molar-refractivity contribution in [1.82, 2.24) is 5.32 Å². The van der Waals surface area contributed by atoms with Crippen molar-refractivity contribution in [2.45, 2.75) is 72.1 Å². The number of aliphatic hydroxyl groups excluding tert-OH is 1. The quantitative estimate of drug-likeness (QED) is 0.332. The standard InChI is InChI=1S/C22H38N2O3/c1-5-11-22(12-13-25)14-18(10-8-9-17(4)15-27-7-3)20(19(23)6-2)21(26)24-16-22/h23,25H,4-16H2,1-3H3,(H,24,26). The van der Waals surface area contributed by atoms with Crippen LogP contribution in [0.5, 0.6) is 0 Å². The fourth-order valence-corrected chi connectivity index (χ4v) is 3.98. The van der Waals surface area contributed by atoms with Gasteiger partial charge in [-0.25, -0.2) is 0 Å². The molecule has 1 aliphatic heterocycles. The third-order valence-corrected chi connectivity index (χ3v) is 5.39. The van der Waals surface area contributed by atoms with Gasteiger partial charge in [0.25, 0.3) is 5.91 Å². The molecule has 27 heavy (non-hydrogen) atoms. The van der Waals surface area contributed by atoms with Gasteiger partial charge in [0.15, 0.2) is 0 Å². The number of aliphatic hydroxyl groups is 1. The van der Waals surface area contributed by atoms with Crippen LogP contribution in [0.4, 0.5) is 0 Å². The first kappa shape index (κ1) is 23.6. The molecule has 0 radical (unpaired) electrons. The normalized spacial score (nSPS) is 20.4. The van der Waals surface area contributed by atoms with Crippen molar-refractivity contribution in [1.29, 1.82) is 5.41 Å². The van der Waals surface area contributed by atoms with Gasteiger partial charge in [-0.3, -0.25) is 4.79 Å². The predicted octanol–water partition coefficient (Wildman–Crippen LogP) is 4.16. The number of carbonyl (C=O) groups is 1. The monoisotopic (exact) mass is 378 g/mol. The highest BCUT2D eigenvalue weighted by molar-refractivity contribution is 6.21. The van der Waals surface area contributed by atoms with Crippen LogP contribution in [-0.2, 0) is 9.53 Å². The summed E-state index contributed by atoms with van der Waals surface area (Å²) in [5, 5.41) is 21.0. The van der Waals surface area contributed by atoms with Crippen molar-refractivity contribution in [2.75, 3.05) is 26.4 Å². The van der Waals surface area contributed by atoms with Gasteiger partial charge in [0, 0.05) is 25.5 Å². The van der Waals surface area contributed by atoms with E-state index >= 15 is 0 Å². The van der Waals surface area contributed by atoms with Gasteiger partial charge in [-0.1, -0.05) is 38.0 Å². The first-order valence-corrected chi connectivity index (χ1v) is 10.4. The van der Waals surface area contributed by atoms with Crippen LogP contribution in [0.3, 0.4) is 0 Å². The molecule has 154 valence electrons. The maximum absolute atomic E-state index is 12.7. The highest BCUT2D eigenvalue weighted by Crippen LogP contribution is 2.39.